The Morgan fingerprint density at radius 1 is 1.28 bits per heavy atom. The first kappa shape index (κ1) is 12.6. The van der Waals surface area contributed by atoms with Crippen molar-refractivity contribution in [2.75, 3.05) is 19.0 Å². The molecule has 0 aliphatic carbocycles. The Bertz CT molecular complexity index is 497. The average Bonchev–Trinajstić information content (AvgIpc) is 2.82. The summed E-state index contributed by atoms with van der Waals surface area (Å²) in [5.41, 5.74) is 1.55. The molecule has 1 N–H and O–H groups in total. The van der Waals surface area contributed by atoms with Crippen LogP contribution in [0.1, 0.15) is 11.3 Å². The Kier molecular flexibility index (Phi) is 3.99. The molecular weight excluding hydrogens is 231 g/mol. The Morgan fingerprint density at radius 3 is 2.78 bits per heavy atom. The van der Waals surface area contributed by atoms with Crippen LogP contribution in [0.2, 0.25) is 0 Å². The predicted molar refractivity (Wildman–Crippen MR) is 70.0 cm³/mol. The van der Waals surface area contributed by atoms with E-state index in [1.165, 1.54) is 6.07 Å². The van der Waals surface area contributed by atoms with E-state index in [4.69, 9.17) is 4.42 Å². The second-order valence-electron chi connectivity index (χ2n) is 4.21. The number of anilines is 1. The number of halogens is 1. The van der Waals surface area contributed by atoms with Gasteiger partial charge in [0.25, 0.3) is 0 Å². The van der Waals surface area contributed by atoms with Crippen LogP contribution in [0.25, 0.3) is 0 Å². The van der Waals surface area contributed by atoms with Gasteiger partial charge >= 0.3 is 0 Å². The van der Waals surface area contributed by atoms with Gasteiger partial charge in [0, 0.05) is 13.6 Å². The molecule has 3 nitrogen and oxygen atoms in total. The molecule has 0 amide bonds. The first-order chi connectivity index (χ1) is 8.72. The molecule has 4 heteroatoms. The molecule has 1 heterocycles. The van der Waals surface area contributed by atoms with Crippen LogP contribution >= 0.6 is 0 Å². The molecule has 1 aromatic heterocycles. The molecule has 0 unspecified atom stereocenters. The minimum absolute atomic E-state index is 0.211. The molecular formula is C14H17FN2O. The zero-order valence-corrected chi connectivity index (χ0v) is 10.6. The van der Waals surface area contributed by atoms with E-state index >= 15 is 0 Å². The van der Waals surface area contributed by atoms with Crippen LogP contribution in [-0.4, -0.2) is 14.1 Å². The van der Waals surface area contributed by atoms with Gasteiger partial charge in [0.2, 0.25) is 0 Å². The number of hydrogen-bond donors (Lipinski definition) is 1. The highest BCUT2D eigenvalue weighted by molar-refractivity contribution is 5.54. The van der Waals surface area contributed by atoms with Crippen molar-refractivity contribution in [1.29, 1.82) is 0 Å². The molecule has 0 saturated carbocycles. The molecule has 0 aliphatic heterocycles. The summed E-state index contributed by atoms with van der Waals surface area (Å²) in [5.74, 6) is 0.605. The molecule has 18 heavy (non-hydrogen) atoms. The number of rotatable bonds is 5. The average molecular weight is 248 g/mol. The first-order valence-corrected chi connectivity index (χ1v) is 5.88. The fourth-order valence-electron chi connectivity index (χ4n) is 2.04. The van der Waals surface area contributed by atoms with Gasteiger partial charge in [-0.3, -0.25) is 0 Å². The first-order valence-electron chi connectivity index (χ1n) is 5.88. The van der Waals surface area contributed by atoms with Crippen molar-refractivity contribution in [3.8, 4) is 0 Å². The maximum Gasteiger partial charge on any atom is 0.146 e. The second-order valence-corrected chi connectivity index (χ2v) is 4.21. The monoisotopic (exact) mass is 248 g/mol. The van der Waals surface area contributed by atoms with Gasteiger partial charge in [-0.1, -0.05) is 12.1 Å². The number of benzene rings is 1. The summed E-state index contributed by atoms with van der Waals surface area (Å²) >= 11 is 0. The van der Waals surface area contributed by atoms with Crippen molar-refractivity contribution >= 4 is 5.69 Å². The van der Waals surface area contributed by atoms with E-state index in [0.717, 1.165) is 11.3 Å². The lowest BCUT2D eigenvalue weighted by atomic mass is 10.1. The van der Waals surface area contributed by atoms with E-state index in [1.807, 2.05) is 37.2 Å². The van der Waals surface area contributed by atoms with Crippen LogP contribution in [0, 0.1) is 5.82 Å². The van der Waals surface area contributed by atoms with Gasteiger partial charge in [-0.2, -0.15) is 0 Å². The van der Waals surface area contributed by atoms with Gasteiger partial charge in [0.15, 0.2) is 0 Å². The summed E-state index contributed by atoms with van der Waals surface area (Å²) in [6, 6.07) is 8.85. The van der Waals surface area contributed by atoms with E-state index < -0.39 is 0 Å². The van der Waals surface area contributed by atoms with Crippen LogP contribution in [-0.2, 0) is 13.1 Å². The summed E-state index contributed by atoms with van der Waals surface area (Å²) in [6.45, 7) is 1.18. The molecule has 1 aromatic carbocycles. The zero-order valence-electron chi connectivity index (χ0n) is 10.6. The van der Waals surface area contributed by atoms with E-state index in [9.17, 15) is 4.39 Å². The maximum absolute atomic E-state index is 14.0. The fourth-order valence-corrected chi connectivity index (χ4v) is 2.04. The third kappa shape index (κ3) is 2.71. The van der Waals surface area contributed by atoms with Crippen molar-refractivity contribution in [2.45, 2.75) is 13.1 Å². The molecule has 0 aliphatic rings. The molecule has 0 fully saturated rings. The largest absolute Gasteiger partial charge is 0.467 e. The molecule has 2 aromatic rings. The number of nitrogens with zero attached hydrogens (tertiary/aromatic N) is 1. The van der Waals surface area contributed by atoms with E-state index in [1.54, 1.807) is 12.3 Å². The standard InChI is InChI=1S/C14H17FN2O/c1-16-9-11-5-3-7-13(15)14(11)17(2)10-12-6-4-8-18-12/h3-8,16H,9-10H2,1-2H3. The van der Waals surface area contributed by atoms with Gasteiger partial charge in [0.05, 0.1) is 18.5 Å². The predicted octanol–water partition coefficient (Wildman–Crippen LogP) is 2.77. The van der Waals surface area contributed by atoms with E-state index in [0.29, 0.717) is 18.8 Å². The van der Waals surface area contributed by atoms with Gasteiger partial charge in [-0.15, -0.1) is 0 Å². The topological polar surface area (TPSA) is 28.4 Å². The second kappa shape index (κ2) is 5.69. The zero-order chi connectivity index (χ0) is 13.0. The molecule has 96 valence electrons. The summed E-state index contributed by atoms with van der Waals surface area (Å²) in [6.07, 6.45) is 1.62. The SMILES string of the molecule is CNCc1cccc(F)c1N(C)Cc1ccco1. The third-order valence-corrected chi connectivity index (χ3v) is 2.79. The summed E-state index contributed by atoms with van der Waals surface area (Å²) in [7, 11) is 3.71. The molecule has 0 spiro atoms. The van der Waals surface area contributed by atoms with Crippen LogP contribution in [0.3, 0.4) is 0 Å². The minimum atomic E-state index is -0.211. The summed E-state index contributed by atoms with van der Waals surface area (Å²) in [4.78, 5) is 1.86. The Hall–Kier alpha value is -1.81. The van der Waals surface area contributed by atoms with Gasteiger partial charge < -0.3 is 14.6 Å². The van der Waals surface area contributed by atoms with Crippen molar-refractivity contribution in [3.63, 3.8) is 0 Å². The van der Waals surface area contributed by atoms with Crippen LogP contribution < -0.4 is 10.2 Å². The molecule has 0 radical (unpaired) electrons. The normalized spacial score (nSPS) is 10.6. The van der Waals surface area contributed by atoms with Crippen molar-refractivity contribution < 1.29 is 8.81 Å². The highest BCUT2D eigenvalue weighted by atomic mass is 19.1. The molecule has 0 bridgehead atoms. The number of furan rings is 1. The fraction of sp³-hybridized carbons (Fsp3) is 0.286. The van der Waals surface area contributed by atoms with Crippen molar-refractivity contribution in [2.24, 2.45) is 0 Å². The third-order valence-electron chi connectivity index (χ3n) is 2.79. The highest BCUT2D eigenvalue weighted by Crippen LogP contribution is 2.25. The van der Waals surface area contributed by atoms with Crippen LogP contribution in [0.5, 0.6) is 0 Å². The van der Waals surface area contributed by atoms with E-state index in [-0.39, 0.29) is 5.82 Å². The Balaban J connectivity index is 2.25. The lowest BCUT2D eigenvalue weighted by Crippen LogP contribution is -2.20. The Labute approximate surface area is 106 Å². The van der Waals surface area contributed by atoms with Crippen LogP contribution in [0.15, 0.2) is 41.0 Å². The smallest absolute Gasteiger partial charge is 0.146 e. The van der Waals surface area contributed by atoms with Crippen molar-refractivity contribution in [1.82, 2.24) is 5.32 Å². The number of para-hydroxylation sites is 1. The van der Waals surface area contributed by atoms with Gasteiger partial charge in [0.1, 0.15) is 11.6 Å². The quantitative estimate of drug-likeness (QED) is 0.882. The summed E-state index contributed by atoms with van der Waals surface area (Å²) in [5, 5.41) is 3.05. The maximum atomic E-state index is 14.0. The molecule has 0 saturated heterocycles. The van der Waals surface area contributed by atoms with E-state index in [2.05, 4.69) is 5.32 Å². The highest BCUT2D eigenvalue weighted by Gasteiger charge is 2.13. The van der Waals surface area contributed by atoms with Gasteiger partial charge in [-0.05, 0) is 30.8 Å². The van der Waals surface area contributed by atoms with Gasteiger partial charge in [-0.25, -0.2) is 4.39 Å². The summed E-state index contributed by atoms with van der Waals surface area (Å²) < 4.78 is 19.2. The van der Waals surface area contributed by atoms with Crippen molar-refractivity contribution in [3.05, 3.63) is 53.7 Å². The Morgan fingerprint density at radius 2 is 2.11 bits per heavy atom. The number of nitrogens with one attached hydrogen (secondary N) is 1. The minimum Gasteiger partial charge on any atom is -0.467 e. The lowest BCUT2D eigenvalue weighted by molar-refractivity contribution is 0.505. The lowest BCUT2D eigenvalue weighted by Gasteiger charge is -2.22. The molecule has 0 atom stereocenters. The number of hydrogen-bond acceptors (Lipinski definition) is 3. The van der Waals surface area contributed by atoms with Crippen LogP contribution in [0.4, 0.5) is 10.1 Å². The molecule has 2 rings (SSSR count).